The number of hydrogen-bond acceptors (Lipinski definition) is 4. The second kappa shape index (κ2) is 3.15. The Morgan fingerprint density at radius 3 is 3.00 bits per heavy atom. The van der Waals surface area contributed by atoms with E-state index in [1.807, 2.05) is 0 Å². The van der Waals surface area contributed by atoms with Crippen molar-refractivity contribution >= 4 is 16.9 Å². The monoisotopic (exact) mass is 216 g/mol. The summed E-state index contributed by atoms with van der Waals surface area (Å²) in [6, 6.07) is 5.35. The maximum absolute atomic E-state index is 12.2. The van der Waals surface area contributed by atoms with Gasteiger partial charge in [0.1, 0.15) is 5.52 Å². The maximum Gasteiger partial charge on any atom is 0.181 e. The maximum atomic E-state index is 12.2. The number of aromatic nitrogens is 1. The Balaban J connectivity index is 2.02. The summed E-state index contributed by atoms with van der Waals surface area (Å²) in [6.45, 7) is 0.431. The molecule has 1 fully saturated rings. The van der Waals surface area contributed by atoms with Crippen molar-refractivity contribution in [1.29, 1.82) is 0 Å². The van der Waals surface area contributed by atoms with Gasteiger partial charge < -0.3 is 10.2 Å². The first-order chi connectivity index (χ1) is 7.75. The van der Waals surface area contributed by atoms with Crippen LogP contribution >= 0.6 is 0 Å². The molecule has 16 heavy (non-hydrogen) atoms. The van der Waals surface area contributed by atoms with E-state index in [1.54, 1.807) is 18.2 Å². The molecular formula is C12H12N2O2. The molecule has 1 saturated carbocycles. The molecule has 1 aliphatic rings. The second-order valence-electron chi connectivity index (χ2n) is 4.35. The summed E-state index contributed by atoms with van der Waals surface area (Å²) in [5, 5.41) is 0. The van der Waals surface area contributed by atoms with Gasteiger partial charge in [-0.1, -0.05) is 0 Å². The molecule has 0 aliphatic heterocycles. The topological polar surface area (TPSA) is 69.1 Å². The fourth-order valence-electron chi connectivity index (χ4n) is 1.98. The molecule has 0 radical (unpaired) electrons. The third-order valence-corrected chi connectivity index (χ3v) is 3.32. The van der Waals surface area contributed by atoms with Gasteiger partial charge in [0.2, 0.25) is 0 Å². The van der Waals surface area contributed by atoms with E-state index in [-0.39, 0.29) is 11.2 Å². The van der Waals surface area contributed by atoms with Gasteiger partial charge in [-0.2, -0.15) is 0 Å². The largest absolute Gasteiger partial charge is 0.443 e. The Hall–Kier alpha value is -1.68. The SMILES string of the molecule is NCC1(C(=O)c2ccc3ncoc3c2)CC1. The summed E-state index contributed by atoms with van der Waals surface area (Å²) in [5.41, 5.74) is 7.44. The molecular weight excluding hydrogens is 204 g/mol. The minimum absolute atomic E-state index is 0.133. The average molecular weight is 216 g/mol. The highest BCUT2D eigenvalue weighted by molar-refractivity contribution is 6.04. The molecule has 0 amide bonds. The first-order valence-electron chi connectivity index (χ1n) is 5.33. The molecule has 1 aromatic heterocycles. The molecule has 4 nitrogen and oxygen atoms in total. The summed E-state index contributed by atoms with van der Waals surface area (Å²) < 4.78 is 5.18. The highest BCUT2D eigenvalue weighted by Crippen LogP contribution is 2.47. The van der Waals surface area contributed by atoms with Crippen LogP contribution in [0.4, 0.5) is 0 Å². The van der Waals surface area contributed by atoms with Crippen molar-refractivity contribution in [3.63, 3.8) is 0 Å². The molecule has 1 aromatic carbocycles. The van der Waals surface area contributed by atoms with E-state index in [9.17, 15) is 4.79 Å². The van der Waals surface area contributed by atoms with Gasteiger partial charge in [-0.15, -0.1) is 0 Å². The zero-order valence-electron chi connectivity index (χ0n) is 8.77. The number of benzene rings is 1. The highest BCUT2D eigenvalue weighted by Gasteiger charge is 2.48. The van der Waals surface area contributed by atoms with Gasteiger partial charge in [0.05, 0.1) is 0 Å². The van der Waals surface area contributed by atoms with Crippen LogP contribution in [0.3, 0.4) is 0 Å². The molecule has 2 N–H and O–H groups in total. The number of rotatable bonds is 3. The van der Waals surface area contributed by atoms with Gasteiger partial charge in [-0.3, -0.25) is 4.79 Å². The van der Waals surface area contributed by atoms with Gasteiger partial charge in [0.25, 0.3) is 0 Å². The number of fused-ring (bicyclic) bond motifs is 1. The Labute approximate surface area is 92.4 Å². The van der Waals surface area contributed by atoms with Crippen LogP contribution in [-0.4, -0.2) is 17.3 Å². The second-order valence-corrected chi connectivity index (χ2v) is 4.35. The predicted molar refractivity (Wildman–Crippen MR) is 59.1 cm³/mol. The summed E-state index contributed by atoms with van der Waals surface area (Å²) in [6.07, 6.45) is 3.18. The van der Waals surface area contributed by atoms with E-state index in [4.69, 9.17) is 10.2 Å². The van der Waals surface area contributed by atoms with E-state index >= 15 is 0 Å². The van der Waals surface area contributed by atoms with Crippen LogP contribution in [0.5, 0.6) is 0 Å². The van der Waals surface area contributed by atoms with E-state index in [0.717, 1.165) is 18.4 Å². The Morgan fingerprint density at radius 1 is 1.50 bits per heavy atom. The molecule has 82 valence electrons. The molecule has 0 unspecified atom stereocenters. The van der Waals surface area contributed by atoms with Crippen LogP contribution in [0.25, 0.3) is 11.1 Å². The van der Waals surface area contributed by atoms with E-state index in [1.165, 1.54) is 6.39 Å². The number of ketones is 1. The fourth-order valence-corrected chi connectivity index (χ4v) is 1.98. The number of Topliss-reactive ketones (excluding diaryl/α,β-unsaturated/α-hetero) is 1. The lowest BCUT2D eigenvalue weighted by Crippen LogP contribution is -2.25. The Kier molecular flexibility index (Phi) is 1.88. The summed E-state index contributed by atoms with van der Waals surface area (Å²) in [7, 11) is 0. The first kappa shape index (κ1) is 9.54. The molecule has 0 spiro atoms. The van der Waals surface area contributed by atoms with Crippen molar-refractivity contribution < 1.29 is 9.21 Å². The molecule has 0 bridgehead atoms. The third-order valence-electron chi connectivity index (χ3n) is 3.32. The lowest BCUT2D eigenvalue weighted by atomic mass is 9.95. The van der Waals surface area contributed by atoms with Crippen molar-refractivity contribution in [1.82, 2.24) is 4.98 Å². The number of oxazole rings is 1. The Morgan fingerprint density at radius 2 is 2.31 bits per heavy atom. The summed E-state index contributed by atoms with van der Waals surface area (Å²) >= 11 is 0. The number of hydrogen-bond donors (Lipinski definition) is 1. The summed E-state index contributed by atoms with van der Waals surface area (Å²) in [5.74, 6) is 0.133. The fraction of sp³-hybridized carbons (Fsp3) is 0.333. The van der Waals surface area contributed by atoms with Crippen LogP contribution in [0.15, 0.2) is 29.0 Å². The van der Waals surface area contributed by atoms with Gasteiger partial charge in [-0.25, -0.2) is 4.98 Å². The van der Waals surface area contributed by atoms with Gasteiger partial charge in [0, 0.05) is 17.5 Å². The summed E-state index contributed by atoms with van der Waals surface area (Å²) in [4.78, 5) is 16.2. The number of carbonyl (C=O) groups is 1. The van der Waals surface area contributed by atoms with Crippen molar-refractivity contribution in [3.05, 3.63) is 30.2 Å². The van der Waals surface area contributed by atoms with Crippen LogP contribution in [0.2, 0.25) is 0 Å². The molecule has 0 saturated heterocycles. The molecule has 0 atom stereocenters. The lowest BCUT2D eigenvalue weighted by molar-refractivity contribution is 0.0905. The van der Waals surface area contributed by atoms with Gasteiger partial charge >= 0.3 is 0 Å². The van der Waals surface area contributed by atoms with E-state index < -0.39 is 0 Å². The van der Waals surface area contributed by atoms with Crippen LogP contribution in [0, 0.1) is 5.41 Å². The lowest BCUT2D eigenvalue weighted by Gasteiger charge is -2.10. The van der Waals surface area contributed by atoms with Crippen molar-refractivity contribution in [2.75, 3.05) is 6.54 Å². The first-order valence-corrected chi connectivity index (χ1v) is 5.33. The zero-order valence-corrected chi connectivity index (χ0v) is 8.77. The standard InChI is InChI=1S/C12H12N2O2/c13-6-12(3-4-12)11(15)8-1-2-9-10(5-8)16-7-14-9/h1-2,5,7H,3-4,6,13H2. The zero-order chi connectivity index (χ0) is 11.2. The molecule has 3 rings (SSSR count). The molecule has 1 aliphatic carbocycles. The van der Waals surface area contributed by atoms with Gasteiger partial charge in [-0.05, 0) is 31.0 Å². The molecule has 2 aromatic rings. The highest BCUT2D eigenvalue weighted by atomic mass is 16.3. The number of nitrogens with zero attached hydrogens (tertiary/aromatic N) is 1. The minimum Gasteiger partial charge on any atom is -0.443 e. The van der Waals surface area contributed by atoms with Crippen molar-refractivity contribution in [2.45, 2.75) is 12.8 Å². The number of nitrogens with two attached hydrogens (primary N) is 1. The van der Waals surface area contributed by atoms with Gasteiger partial charge in [0.15, 0.2) is 17.8 Å². The quantitative estimate of drug-likeness (QED) is 0.793. The van der Waals surface area contributed by atoms with Crippen LogP contribution in [0.1, 0.15) is 23.2 Å². The smallest absolute Gasteiger partial charge is 0.181 e. The van der Waals surface area contributed by atoms with Crippen molar-refractivity contribution in [3.8, 4) is 0 Å². The minimum atomic E-state index is -0.298. The molecule has 1 heterocycles. The normalized spacial score (nSPS) is 17.6. The van der Waals surface area contributed by atoms with Crippen LogP contribution in [-0.2, 0) is 0 Å². The Bertz CT molecular complexity index is 555. The van der Waals surface area contributed by atoms with E-state index in [0.29, 0.717) is 17.7 Å². The molecule has 4 heteroatoms. The third kappa shape index (κ3) is 1.27. The van der Waals surface area contributed by atoms with Crippen molar-refractivity contribution in [2.24, 2.45) is 11.1 Å². The van der Waals surface area contributed by atoms with E-state index in [2.05, 4.69) is 4.98 Å². The van der Waals surface area contributed by atoms with Crippen LogP contribution < -0.4 is 5.73 Å². The number of carbonyl (C=O) groups excluding carboxylic acids is 1. The average Bonchev–Trinajstić information content (AvgIpc) is 2.98. The predicted octanol–water partition coefficient (Wildman–Crippen LogP) is 1.75.